The highest BCUT2D eigenvalue weighted by Crippen LogP contribution is 2.26. The van der Waals surface area contributed by atoms with E-state index >= 15 is 0 Å². The van der Waals surface area contributed by atoms with Crippen molar-refractivity contribution in [3.63, 3.8) is 0 Å². The van der Waals surface area contributed by atoms with Crippen molar-refractivity contribution in [2.75, 3.05) is 38.6 Å². The van der Waals surface area contributed by atoms with E-state index in [-0.39, 0.29) is 30.7 Å². The third-order valence-electron chi connectivity index (χ3n) is 6.20. The number of piperazine rings is 1. The first-order chi connectivity index (χ1) is 17.0. The Morgan fingerprint density at radius 1 is 1.11 bits per heavy atom. The Balaban J connectivity index is 1.78. The number of nitrogens with zero attached hydrogens (tertiary/aromatic N) is 2. The summed E-state index contributed by atoms with van der Waals surface area (Å²) in [6, 6.07) is 16.0. The van der Waals surface area contributed by atoms with Crippen LogP contribution in [0.5, 0.6) is 0 Å². The Hall–Kier alpha value is -3.59. The summed E-state index contributed by atoms with van der Waals surface area (Å²) in [4.78, 5) is 38.9. The zero-order valence-corrected chi connectivity index (χ0v) is 21.4. The van der Waals surface area contributed by atoms with Gasteiger partial charge in [-0.05, 0) is 45.4 Å². The van der Waals surface area contributed by atoms with Crippen LogP contribution in [0.3, 0.4) is 0 Å². The van der Waals surface area contributed by atoms with Crippen LogP contribution in [0.15, 0.2) is 54.6 Å². The topological polar surface area (TPSA) is 108 Å². The molecule has 1 aliphatic heterocycles. The second-order valence-corrected chi connectivity index (χ2v) is 10.1. The van der Waals surface area contributed by atoms with Gasteiger partial charge >= 0.3 is 12.1 Å². The van der Waals surface area contributed by atoms with Crippen LogP contribution in [0.4, 0.5) is 15.3 Å². The largest absolute Gasteiger partial charge is 0.498 e. The summed E-state index contributed by atoms with van der Waals surface area (Å²) < 4.78 is 10.1. The highest BCUT2D eigenvalue weighted by Gasteiger charge is 2.43. The molecule has 0 bridgehead atoms. The number of carbonyl (C=O) groups excluding carboxylic acids is 3. The van der Waals surface area contributed by atoms with Crippen LogP contribution in [0.25, 0.3) is 0 Å². The number of rotatable bonds is 7. The Morgan fingerprint density at radius 2 is 1.83 bits per heavy atom. The van der Waals surface area contributed by atoms with Crippen molar-refractivity contribution in [2.45, 2.75) is 45.4 Å². The van der Waals surface area contributed by atoms with Gasteiger partial charge in [-0.25, -0.2) is 9.59 Å². The maximum Gasteiger partial charge on any atom is 0.410 e. The molecule has 0 spiro atoms. The van der Waals surface area contributed by atoms with Crippen molar-refractivity contribution in [1.29, 1.82) is 0 Å². The predicted molar refractivity (Wildman–Crippen MR) is 133 cm³/mol. The standard InChI is InChI=1S/C27H35N3O6/c1-27(2,3)36-25(32)29-15-16-30(26(33)34,18-20-9-6-5-7-10-20)19-23(29)13-14-28-22-12-8-11-21(17-22)24(31)35-4/h5-12,17,23,28H,13-16,18-19H2,1-4H3/t23-,30?/m1/s1. The first-order valence-electron chi connectivity index (χ1n) is 12.1. The molecule has 1 unspecified atom stereocenters. The first-order valence-corrected chi connectivity index (χ1v) is 12.1. The lowest BCUT2D eigenvalue weighted by atomic mass is 10.0. The molecule has 36 heavy (non-hydrogen) atoms. The van der Waals surface area contributed by atoms with E-state index in [1.54, 1.807) is 43.9 Å². The summed E-state index contributed by atoms with van der Waals surface area (Å²) in [6.07, 6.45) is -1.15. The Kier molecular flexibility index (Phi) is 8.57. The number of quaternary nitrogens is 1. The Labute approximate surface area is 212 Å². The maximum absolute atomic E-state index is 13.0. The molecular weight excluding hydrogens is 462 g/mol. The van der Waals surface area contributed by atoms with Crippen molar-refractivity contribution in [3.05, 3.63) is 65.7 Å². The van der Waals surface area contributed by atoms with Gasteiger partial charge in [0, 0.05) is 17.8 Å². The molecule has 194 valence electrons. The minimum absolute atomic E-state index is 0.195. The van der Waals surface area contributed by atoms with E-state index in [1.165, 1.54) is 7.11 Å². The third kappa shape index (κ3) is 6.97. The lowest BCUT2D eigenvalue weighted by Crippen LogP contribution is -2.69. The zero-order chi connectivity index (χ0) is 26.3. The summed E-state index contributed by atoms with van der Waals surface area (Å²) in [6.45, 7) is 6.79. The van der Waals surface area contributed by atoms with Crippen molar-refractivity contribution in [3.8, 4) is 0 Å². The number of esters is 1. The second-order valence-electron chi connectivity index (χ2n) is 10.1. The molecule has 2 aromatic rings. The lowest BCUT2D eigenvalue weighted by Gasteiger charge is -2.48. The van der Waals surface area contributed by atoms with E-state index in [0.29, 0.717) is 18.5 Å². The van der Waals surface area contributed by atoms with E-state index in [9.17, 15) is 19.5 Å². The number of ether oxygens (including phenoxy) is 2. The molecule has 9 heteroatoms. The van der Waals surface area contributed by atoms with Gasteiger partial charge in [-0.1, -0.05) is 36.4 Å². The van der Waals surface area contributed by atoms with Gasteiger partial charge in [0.1, 0.15) is 25.2 Å². The summed E-state index contributed by atoms with van der Waals surface area (Å²) in [5, 5.41) is 15.7. The average molecular weight is 498 g/mol. The van der Waals surface area contributed by atoms with Crippen LogP contribution in [0, 0.1) is 0 Å². The Morgan fingerprint density at radius 3 is 2.47 bits per heavy atom. The number of hydrogen-bond donors (Lipinski definition) is 1. The summed E-state index contributed by atoms with van der Waals surface area (Å²) in [5.74, 6) is -0.431. The normalized spacial score (nSPS) is 19.9. The van der Waals surface area contributed by atoms with Gasteiger partial charge in [0.15, 0.2) is 0 Å². The Bertz CT molecular complexity index is 1070. The number of hydrogen-bond acceptors (Lipinski definition) is 7. The minimum Gasteiger partial charge on any atom is -0.498 e. The smallest absolute Gasteiger partial charge is 0.410 e. The summed E-state index contributed by atoms with van der Waals surface area (Å²) in [5.41, 5.74) is 1.37. The molecule has 1 aliphatic rings. The first kappa shape index (κ1) is 27.0. The molecule has 9 nitrogen and oxygen atoms in total. The molecule has 2 amide bonds. The van der Waals surface area contributed by atoms with Crippen molar-refractivity contribution in [1.82, 2.24) is 4.90 Å². The van der Waals surface area contributed by atoms with E-state index in [4.69, 9.17) is 9.47 Å². The summed E-state index contributed by atoms with van der Waals surface area (Å²) >= 11 is 0. The molecule has 3 rings (SSSR count). The zero-order valence-electron chi connectivity index (χ0n) is 21.4. The van der Waals surface area contributed by atoms with Crippen LogP contribution in [0.1, 0.15) is 43.1 Å². The fourth-order valence-electron chi connectivity index (χ4n) is 4.45. The van der Waals surface area contributed by atoms with E-state index < -0.39 is 29.8 Å². The average Bonchev–Trinajstić information content (AvgIpc) is 2.83. The van der Waals surface area contributed by atoms with Gasteiger partial charge in [0.05, 0.1) is 25.3 Å². The lowest BCUT2D eigenvalue weighted by molar-refractivity contribution is -0.895. The molecule has 2 aromatic carbocycles. The SMILES string of the molecule is COC(=O)c1cccc(NCC[C@@H]2C[N+](Cc3ccccc3)(C(=O)[O-])CCN2C(=O)OC(C)(C)C)c1. The van der Waals surface area contributed by atoms with Crippen molar-refractivity contribution in [2.24, 2.45) is 0 Å². The minimum atomic E-state index is -1.16. The van der Waals surface area contributed by atoms with Gasteiger partial charge < -0.3 is 24.7 Å². The van der Waals surface area contributed by atoms with Crippen LogP contribution >= 0.6 is 0 Å². The van der Waals surface area contributed by atoms with Crippen molar-refractivity contribution < 1.29 is 33.4 Å². The predicted octanol–water partition coefficient (Wildman–Crippen LogP) is 3.25. The van der Waals surface area contributed by atoms with Crippen molar-refractivity contribution >= 4 is 23.8 Å². The van der Waals surface area contributed by atoms with Gasteiger partial charge in [-0.3, -0.25) is 9.38 Å². The molecule has 1 saturated heterocycles. The maximum atomic E-state index is 13.0. The van der Waals surface area contributed by atoms with Crippen LogP contribution in [-0.2, 0) is 16.0 Å². The number of methoxy groups -OCH3 is 1. The third-order valence-corrected chi connectivity index (χ3v) is 6.20. The van der Waals surface area contributed by atoms with Gasteiger partial charge in [-0.15, -0.1) is 0 Å². The molecule has 1 fully saturated rings. The quantitative estimate of drug-likeness (QED) is 0.462. The number of benzene rings is 2. The molecular formula is C27H35N3O6. The molecule has 2 atom stereocenters. The molecule has 1 N–H and O–H groups in total. The highest BCUT2D eigenvalue weighted by molar-refractivity contribution is 5.90. The van der Waals surface area contributed by atoms with E-state index in [1.807, 2.05) is 36.4 Å². The molecule has 1 heterocycles. The second kappa shape index (κ2) is 11.4. The molecule has 0 saturated carbocycles. The fraction of sp³-hybridized carbons (Fsp3) is 0.444. The number of nitrogens with one attached hydrogen (secondary N) is 1. The molecule has 0 aliphatic carbocycles. The van der Waals surface area contributed by atoms with Crippen LogP contribution in [-0.4, -0.2) is 72.5 Å². The monoisotopic (exact) mass is 497 g/mol. The highest BCUT2D eigenvalue weighted by atomic mass is 16.6. The van der Waals surface area contributed by atoms with Gasteiger partial charge in [-0.2, -0.15) is 0 Å². The fourth-order valence-corrected chi connectivity index (χ4v) is 4.45. The van der Waals surface area contributed by atoms with E-state index in [0.717, 1.165) is 11.3 Å². The molecule has 0 radical (unpaired) electrons. The van der Waals surface area contributed by atoms with Gasteiger partial charge in [0.25, 0.3) is 6.09 Å². The van der Waals surface area contributed by atoms with Crippen LogP contribution < -0.4 is 10.4 Å². The molecule has 0 aromatic heterocycles. The number of anilines is 1. The number of carbonyl (C=O) groups is 3. The number of amides is 2. The summed E-state index contributed by atoms with van der Waals surface area (Å²) in [7, 11) is 1.33. The number of carboxylic acid groups (broad SMARTS) is 1. The van der Waals surface area contributed by atoms with E-state index in [2.05, 4.69) is 5.32 Å². The van der Waals surface area contributed by atoms with Gasteiger partial charge in [0.2, 0.25) is 0 Å². The van der Waals surface area contributed by atoms with Crippen LogP contribution in [0.2, 0.25) is 0 Å².